The number of rotatable bonds is 6. The van der Waals surface area contributed by atoms with Crippen LogP contribution in [0.4, 0.5) is 10.1 Å². The van der Waals surface area contributed by atoms with Gasteiger partial charge >= 0.3 is 0 Å². The maximum Gasteiger partial charge on any atom is 0.227 e. The largest absolute Gasteiger partial charge is 0.355 e. The Labute approximate surface area is 175 Å². The Morgan fingerprint density at radius 1 is 0.933 bits per heavy atom. The lowest BCUT2D eigenvalue weighted by Gasteiger charge is -2.20. The van der Waals surface area contributed by atoms with Gasteiger partial charge < -0.3 is 10.2 Å². The van der Waals surface area contributed by atoms with E-state index in [2.05, 4.69) is 29.6 Å². The van der Waals surface area contributed by atoms with Crippen molar-refractivity contribution >= 4 is 17.5 Å². The zero-order chi connectivity index (χ0) is 20.9. The highest BCUT2D eigenvalue weighted by molar-refractivity contribution is 6.00. The van der Waals surface area contributed by atoms with E-state index in [1.807, 2.05) is 36.4 Å². The maximum absolute atomic E-state index is 13.2. The highest BCUT2D eigenvalue weighted by Crippen LogP contribution is 2.27. The number of nitrogens with zero attached hydrogens (tertiary/aromatic N) is 1. The van der Waals surface area contributed by atoms with Crippen LogP contribution in [0.1, 0.15) is 23.5 Å². The zero-order valence-electron chi connectivity index (χ0n) is 16.5. The predicted octanol–water partition coefficient (Wildman–Crippen LogP) is 4.13. The molecule has 0 radical (unpaired) electrons. The Morgan fingerprint density at radius 3 is 2.07 bits per heavy atom. The summed E-state index contributed by atoms with van der Waals surface area (Å²) >= 11 is 0. The summed E-state index contributed by atoms with van der Waals surface area (Å²) in [5.41, 5.74) is 2.86. The van der Waals surface area contributed by atoms with Gasteiger partial charge in [0, 0.05) is 31.1 Å². The molecule has 30 heavy (non-hydrogen) atoms. The number of nitrogens with one attached hydrogen (secondary N) is 1. The van der Waals surface area contributed by atoms with Gasteiger partial charge in [-0.15, -0.1) is 0 Å². The van der Waals surface area contributed by atoms with Gasteiger partial charge in [0.25, 0.3) is 0 Å². The van der Waals surface area contributed by atoms with Crippen molar-refractivity contribution in [3.63, 3.8) is 0 Å². The average molecular weight is 402 g/mol. The molecule has 3 aromatic rings. The van der Waals surface area contributed by atoms with Gasteiger partial charge in [0.2, 0.25) is 11.8 Å². The zero-order valence-corrected chi connectivity index (χ0v) is 16.5. The fourth-order valence-electron chi connectivity index (χ4n) is 3.90. The third-order valence-electron chi connectivity index (χ3n) is 5.52. The van der Waals surface area contributed by atoms with E-state index in [1.54, 1.807) is 17.0 Å². The molecule has 1 fully saturated rings. The van der Waals surface area contributed by atoms with E-state index in [4.69, 9.17) is 0 Å². The van der Waals surface area contributed by atoms with Crippen molar-refractivity contribution in [3.8, 4) is 0 Å². The Bertz CT molecular complexity index is 967. The van der Waals surface area contributed by atoms with Gasteiger partial charge in [-0.05, 0) is 35.4 Å². The summed E-state index contributed by atoms with van der Waals surface area (Å²) in [6, 6.07) is 25.9. The molecular formula is C25H23FN2O2. The van der Waals surface area contributed by atoms with Crippen LogP contribution < -0.4 is 10.2 Å². The molecule has 2 amide bonds. The molecule has 152 valence electrons. The third-order valence-corrected chi connectivity index (χ3v) is 5.52. The monoisotopic (exact) mass is 402 g/mol. The van der Waals surface area contributed by atoms with Gasteiger partial charge in [-0.2, -0.15) is 0 Å². The fraction of sp³-hybridized carbons (Fsp3) is 0.200. The minimum atomic E-state index is -0.422. The van der Waals surface area contributed by atoms with Crippen molar-refractivity contribution in [1.29, 1.82) is 0 Å². The van der Waals surface area contributed by atoms with Gasteiger partial charge in [-0.1, -0.05) is 60.7 Å². The topological polar surface area (TPSA) is 49.4 Å². The summed E-state index contributed by atoms with van der Waals surface area (Å²) < 4.78 is 13.2. The average Bonchev–Trinajstić information content (AvgIpc) is 3.17. The smallest absolute Gasteiger partial charge is 0.227 e. The second-order valence-electron chi connectivity index (χ2n) is 7.50. The second kappa shape index (κ2) is 8.91. The molecule has 0 saturated carbocycles. The van der Waals surface area contributed by atoms with Crippen LogP contribution in [0.2, 0.25) is 0 Å². The number of carbonyl (C=O) groups is 2. The van der Waals surface area contributed by atoms with Crippen LogP contribution in [0.25, 0.3) is 0 Å². The Hall–Kier alpha value is -3.47. The molecule has 0 spiro atoms. The molecule has 1 aliphatic rings. The molecule has 5 heteroatoms. The van der Waals surface area contributed by atoms with Crippen molar-refractivity contribution in [2.75, 3.05) is 18.0 Å². The molecule has 1 atom stereocenters. The number of carbonyl (C=O) groups excluding carboxylic acids is 2. The lowest BCUT2D eigenvalue weighted by atomic mass is 9.91. The molecule has 1 saturated heterocycles. The Kier molecular flexibility index (Phi) is 5.89. The van der Waals surface area contributed by atoms with E-state index in [-0.39, 0.29) is 30.0 Å². The lowest BCUT2D eigenvalue weighted by molar-refractivity contribution is -0.126. The van der Waals surface area contributed by atoms with Gasteiger partial charge in [0.1, 0.15) is 5.82 Å². The highest BCUT2D eigenvalue weighted by Gasteiger charge is 2.35. The summed E-state index contributed by atoms with van der Waals surface area (Å²) in [6.45, 7) is 0.756. The first-order chi connectivity index (χ1) is 14.6. The lowest BCUT2D eigenvalue weighted by Crippen LogP contribution is -2.35. The molecule has 1 N–H and O–H groups in total. The van der Waals surface area contributed by atoms with Crippen LogP contribution in [0.15, 0.2) is 84.9 Å². The SMILES string of the molecule is O=C(NCC(c1ccccc1)c1ccccc1)[C@@H]1CC(=O)N(c2ccc(F)cc2)C1. The van der Waals surface area contributed by atoms with Crippen molar-refractivity contribution in [3.05, 3.63) is 102 Å². The molecule has 4 rings (SSSR count). The van der Waals surface area contributed by atoms with E-state index < -0.39 is 5.92 Å². The van der Waals surface area contributed by atoms with E-state index in [0.29, 0.717) is 18.8 Å². The molecule has 1 aliphatic heterocycles. The van der Waals surface area contributed by atoms with Gasteiger partial charge in [0.15, 0.2) is 0 Å². The molecule has 0 aliphatic carbocycles. The summed E-state index contributed by atoms with van der Waals surface area (Å²) in [5.74, 6) is -1.00. The van der Waals surface area contributed by atoms with Crippen LogP contribution >= 0.6 is 0 Å². The molecule has 1 heterocycles. The van der Waals surface area contributed by atoms with Crippen LogP contribution in [-0.4, -0.2) is 24.9 Å². The van der Waals surface area contributed by atoms with Gasteiger partial charge in [0.05, 0.1) is 5.92 Å². The van der Waals surface area contributed by atoms with Crippen molar-refractivity contribution in [1.82, 2.24) is 5.32 Å². The Morgan fingerprint density at radius 2 is 1.50 bits per heavy atom. The molecule has 4 nitrogen and oxygen atoms in total. The number of hydrogen-bond acceptors (Lipinski definition) is 2. The van der Waals surface area contributed by atoms with Gasteiger partial charge in [-0.25, -0.2) is 4.39 Å². The molecule has 0 aromatic heterocycles. The summed E-state index contributed by atoms with van der Waals surface area (Å²) in [5, 5.41) is 3.05. The highest BCUT2D eigenvalue weighted by atomic mass is 19.1. The van der Waals surface area contributed by atoms with Crippen molar-refractivity contribution in [2.45, 2.75) is 12.3 Å². The summed E-state index contributed by atoms with van der Waals surface area (Å²) in [7, 11) is 0. The Balaban J connectivity index is 1.44. The van der Waals surface area contributed by atoms with E-state index in [1.165, 1.54) is 12.1 Å². The third kappa shape index (κ3) is 4.40. The van der Waals surface area contributed by atoms with Crippen LogP contribution in [-0.2, 0) is 9.59 Å². The molecule has 0 bridgehead atoms. The standard InChI is InChI=1S/C25H23FN2O2/c26-21-11-13-22(14-12-21)28-17-20(15-24(28)29)25(30)27-16-23(18-7-3-1-4-8-18)19-9-5-2-6-10-19/h1-14,20,23H,15-17H2,(H,27,30)/t20-/m1/s1. The minimum absolute atomic E-state index is 0.0293. The number of benzene rings is 3. The van der Waals surface area contributed by atoms with Crippen molar-refractivity contribution in [2.24, 2.45) is 5.92 Å². The predicted molar refractivity (Wildman–Crippen MR) is 115 cm³/mol. The normalized spacial score (nSPS) is 16.1. The van der Waals surface area contributed by atoms with E-state index >= 15 is 0 Å². The maximum atomic E-state index is 13.2. The first-order valence-electron chi connectivity index (χ1n) is 10.1. The van der Waals surface area contributed by atoms with Crippen molar-refractivity contribution < 1.29 is 14.0 Å². The van der Waals surface area contributed by atoms with Gasteiger partial charge in [-0.3, -0.25) is 9.59 Å². The van der Waals surface area contributed by atoms with E-state index in [9.17, 15) is 14.0 Å². The quantitative estimate of drug-likeness (QED) is 0.674. The number of halogens is 1. The fourth-order valence-corrected chi connectivity index (χ4v) is 3.90. The number of hydrogen-bond donors (Lipinski definition) is 1. The van der Waals surface area contributed by atoms with Crippen LogP contribution in [0.5, 0.6) is 0 Å². The molecular weight excluding hydrogens is 379 g/mol. The van der Waals surface area contributed by atoms with E-state index in [0.717, 1.165) is 11.1 Å². The second-order valence-corrected chi connectivity index (χ2v) is 7.50. The summed E-state index contributed by atoms with van der Waals surface area (Å²) in [4.78, 5) is 26.8. The molecule has 3 aromatic carbocycles. The number of anilines is 1. The number of amides is 2. The minimum Gasteiger partial charge on any atom is -0.355 e. The first kappa shape index (κ1) is 19.8. The van der Waals surface area contributed by atoms with Crippen LogP contribution in [0.3, 0.4) is 0 Å². The summed E-state index contributed by atoms with van der Waals surface area (Å²) in [6.07, 6.45) is 0.157. The first-order valence-corrected chi connectivity index (χ1v) is 10.1. The van der Waals surface area contributed by atoms with Crippen LogP contribution in [0, 0.1) is 11.7 Å². The molecule has 0 unspecified atom stereocenters.